The third kappa shape index (κ3) is 4.57. The summed E-state index contributed by atoms with van der Waals surface area (Å²) in [5, 5.41) is 3.17. The first-order chi connectivity index (χ1) is 11.2. The second kappa shape index (κ2) is 7.96. The molecule has 1 fully saturated rings. The van der Waals surface area contributed by atoms with Crippen LogP contribution in [0.5, 0.6) is 0 Å². The number of likely N-dealkylation sites (N-methyl/N-ethyl adjacent to an activating group) is 1. The van der Waals surface area contributed by atoms with Crippen molar-refractivity contribution in [3.8, 4) is 0 Å². The standard InChI is InChI=1S/C20H30N2O/c1-22-15-18-10-6-5-9-17(18)13-19(22)14-21-20(23)12-11-16-7-3-2-4-8-16/h5-6,9-10,16,19H,2-4,7-8,11-15H2,1H3,(H,21,23). The Balaban J connectivity index is 1.42. The Morgan fingerprint density at radius 1 is 1.17 bits per heavy atom. The topological polar surface area (TPSA) is 32.3 Å². The SMILES string of the molecule is CN1Cc2ccccc2CC1CNC(=O)CCC1CCCCC1. The van der Waals surface area contributed by atoms with Crippen molar-refractivity contribution in [1.82, 2.24) is 10.2 Å². The number of hydrogen-bond donors (Lipinski definition) is 1. The molecule has 1 aliphatic carbocycles. The minimum atomic E-state index is 0.239. The van der Waals surface area contributed by atoms with E-state index in [4.69, 9.17) is 0 Å². The number of carbonyl (C=O) groups excluding carboxylic acids is 1. The summed E-state index contributed by atoms with van der Waals surface area (Å²) in [5.41, 5.74) is 2.86. The van der Waals surface area contributed by atoms with Crippen LogP contribution < -0.4 is 5.32 Å². The summed E-state index contributed by atoms with van der Waals surface area (Å²) < 4.78 is 0. The second-order valence-electron chi connectivity index (χ2n) is 7.39. The van der Waals surface area contributed by atoms with E-state index in [-0.39, 0.29) is 5.91 Å². The van der Waals surface area contributed by atoms with E-state index in [0.29, 0.717) is 12.5 Å². The Bertz CT molecular complexity index is 522. The molecule has 1 aromatic carbocycles. The summed E-state index contributed by atoms with van der Waals surface area (Å²) in [6, 6.07) is 9.08. The van der Waals surface area contributed by atoms with E-state index >= 15 is 0 Å². The van der Waals surface area contributed by atoms with Gasteiger partial charge in [-0.3, -0.25) is 9.69 Å². The Kier molecular flexibility index (Phi) is 5.71. The molecule has 3 nitrogen and oxygen atoms in total. The van der Waals surface area contributed by atoms with E-state index in [1.807, 2.05) is 0 Å². The van der Waals surface area contributed by atoms with Gasteiger partial charge in [0, 0.05) is 25.6 Å². The molecule has 1 atom stereocenters. The van der Waals surface area contributed by atoms with Crippen LogP contribution in [0.25, 0.3) is 0 Å². The maximum absolute atomic E-state index is 12.2. The van der Waals surface area contributed by atoms with Crippen LogP contribution in [0.4, 0.5) is 0 Å². The molecule has 1 heterocycles. The van der Waals surface area contributed by atoms with Gasteiger partial charge >= 0.3 is 0 Å². The van der Waals surface area contributed by atoms with E-state index in [9.17, 15) is 4.79 Å². The van der Waals surface area contributed by atoms with Crippen molar-refractivity contribution in [1.29, 1.82) is 0 Å². The lowest BCUT2D eigenvalue weighted by Crippen LogP contribution is -2.45. The highest BCUT2D eigenvalue weighted by molar-refractivity contribution is 5.75. The molecule has 0 radical (unpaired) electrons. The highest BCUT2D eigenvalue weighted by Crippen LogP contribution is 2.27. The lowest BCUT2D eigenvalue weighted by molar-refractivity contribution is -0.121. The van der Waals surface area contributed by atoms with Gasteiger partial charge < -0.3 is 5.32 Å². The summed E-state index contributed by atoms with van der Waals surface area (Å²) in [7, 11) is 2.16. The fraction of sp³-hybridized carbons (Fsp3) is 0.650. The summed E-state index contributed by atoms with van der Waals surface area (Å²) in [4.78, 5) is 14.5. The van der Waals surface area contributed by atoms with Crippen LogP contribution in [0.1, 0.15) is 56.1 Å². The summed E-state index contributed by atoms with van der Waals surface area (Å²) in [5.74, 6) is 1.03. The number of benzene rings is 1. The lowest BCUT2D eigenvalue weighted by atomic mass is 9.86. The second-order valence-corrected chi connectivity index (χ2v) is 7.39. The van der Waals surface area contributed by atoms with Gasteiger partial charge in [-0.05, 0) is 36.9 Å². The van der Waals surface area contributed by atoms with Gasteiger partial charge in [-0.2, -0.15) is 0 Å². The molecular formula is C20H30N2O. The average molecular weight is 314 g/mol. The van der Waals surface area contributed by atoms with E-state index in [1.54, 1.807) is 0 Å². The minimum absolute atomic E-state index is 0.239. The average Bonchev–Trinajstić information content (AvgIpc) is 2.59. The first-order valence-corrected chi connectivity index (χ1v) is 9.26. The first-order valence-electron chi connectivity index (χ1n) is 9.26. The molecule has 0 bridgehead atoms. The van der Waals surface area contributed by atoms with Gasteiger partial charge in [0.25, 0.3) is 0 Å². The number of rotatable bonds is 5. The zero-order valence-electron chi connectivity index (χ0n) is 14.4. The molecule has 0 spiro atoms. The van der Waals surface area contributed by atoms with Gasteiger partial charge in [0.1, 0.15) is 0 Å². The molecule has 1 unspecified atom stereocenters. The highest BCUT2D eigenvalue weighted by Gasteiger charge is 2.23. The predicted molar refractivity (Wildman–Crippen MR) is 94.2 cm³/mol. The molecule has 1 saturated carbocycles. The molecule has 0 saturated heterocycles. The fourth-order valence-corrected chi connectivity index (χ4v) is 4.08. The maximum Gasteiger partial charge on any atom is 0.220 e. The molecule has 2 aliphatic rings. The Hall–Kier alpha value is -1.35. The van der Waals surface area contributed by atoms with Crippen molar-refractivity contribution >= 4 is 5.91 Å². The zero-order chi connectivity index (χ0) is 16.1. The van der Waals surface area contributed by atoms with Crippen molar-refractivity contribution in [2.24, 2.45) is 5.92 Å². The van der Waals surface area contributed by atoms with E-state index in [2.05, 4.69) is 41.5 Å². The fourth-order valence-electron chi connectivity index (χ4n) is 4.08. The quantitative estimate of drug-likeness (QED) is 0.902. The molecule has 1 amide bonds. The molecule has 126 valence electrons. The Morgan fingerprint density at radius 2 is 1.91 bits per heavy atom. The van der Waals surface area contributed by atoms with Gasteiger partial charge in [0.15, 0.2) is 0 Å². The molecule has 23 heavy (non-hydrogen) atoms. The Morgan fingerprint density at radius 3 is 2.70 bits per heavy atom. The number of fused-ring (bicyclic) bond motifs is 1. The predicted octanol–water partition coefficient (Wildman–Crippen LogP) is 3.52. The number of carbonyl (C=O) groups is 1. The van der Waals surface area contributed by atoms with Crippen molar-refractivity contribution in [3.05, 3.63) is 35.4 Å². The van der Waals surface area contributed by atoms with Crippen LogP contribution in [0.2, 0.25) is 0 Å². The monoisotopic (exact) mass is 314 g/mol. The molecule has 1 aliphatic heterocycles. The molecule has 3 heteroatoms. The van der Waals surface area contributed by atoms with Gasteiger partial charge in [0.05, 0.1) is 0 Å². The third-order valence-corrected chi connectivity index (χ3v) is 5.66. The zero-order valence-corrected chi connectivity index (χ0v) is 14.4. The highest BCUT2D eigenvalue weighted by atomic mass is 16.1. The first kappa shape index (κ1) is 16.5. The Labute approximate surface area is 140 Å². The number of amides is 1. The van der Waals surface area contributed by atoms with E-state index in [1.165, 1.54) is 43.2 Å². The van der Waals surface area contributed by atoms with Crippen molar-refractivity contribution in [2.75, 3.05) is 13.6 Å². The van der Waals surface area contributed by atoms with Crippen LogP contribution in [0.3, 0.4) is 0 Å². The van der Waals surface area contributed by atoms with Crippen LogP contribution in [-0.4, -0.2) is 30.4 Å². The van der Waals surface area contributed by atoms with Crippen LogP contribution >= 0.6 is 0 Å². The smallest absolute Gasteiger partial charge is 0.220 e. The van der Waals surface area contributed by atoms with Crippen LogP contribution in [0, 0.1) is 5.92 Å². The minimum Gasteiger partial charge on any atom is -0.355 e. The van der Waals surface area contributed by atoms with Gasteiger partial charge in [-0.1, -0.05) is 56.4 Å². The van der Waals surface area contributed by atoms with Gasteiger partial charge in [-0.25, -0.2) is 0 Å². The summed E-state index contributed by atoms with van der Waals surface area (Å²) >= 11 is 0. The number of nitrogens with one attached hydrogen (secondary N) is 1. The van der Waals surface area contributed by atoms with E-state index in [0.717, 1.165) is 31.8 Å². The normalized spacial score (nSPS) is 22.6. The lowest BCUT2D eigenvalue weighted by Gasteiger charge is -2.34. The molecule has 0 aromatic heterocycles. The largest absolute Gasteiger partial charge is 0.355 e. The molecular weight excluding hydrogens is 284 g/mol. The molecule has 1 aromatic rings. The van der Waals surface area contributed by atoms with Crippen LogP contribution in [-0.2, 0) is 17.8 Å². The molecule has 1 N–H and O–H groups in total. The molecule has 3 rings (SSSR count). The maximum atomic E-state index is 12.2. The third-order valence-electron chi connectivity index (χ3n) is 5.66. The number of hydrogen-bond acceptors (Lipinski definition) is 2. The summed E-state index contributed by atoms with van der Waals surface area (Å²) in [6.07, 6.45) is 9.59. The van der Waals surface area contributed by atoms with Crippen molar-refractivity contribution in [2.45, 2.75) is 64.0 Å². The van der Waals surface area contributed by atoms with Crippen molar-refractivity contribution < 1.29 is 4.79 Å². The van der Waals surface area contributed by atoms with Gasteiger partial charge in [-0.15, -0.1) is 0 Å². The van der Waals surface area contributed by atoms with E-state index < -0.39 is 0 Å². The van der Waals surface area contributed by atoms with Crippen molar-refractivity contribution in [3.63, 3.8) is 0 Å². The summed E-state index contributed by atoms with van der Waals surface area (Å²) in [6.45, 7) is 1.76. The van der Waals surface area contributed by atoms with Crippen LogP contribution in [0.15, 0.2) is 24.3 Å². The van der Waals surface area contributed by atoms with Gasteiger partial charge in [0.2, 0.25) is 5.91 Å². The number of nitrogens with zero attached hydrogens (tertiary/aromatic N) is 1.